The Morgan fingerprint density at radius 1 is 1.14 bits per heavy atom. The first-order valence-electron chi connectivity index (χ1n) is 4.00. The van der Waals surface area contributed by atoms with Crippen LogP contribution < -0.4 is 4.72 Å². The summed E-state index contributed by atoms with van der Waals surface area (Å²) in [6.45, 7) is 0. The number of rotatable bonds is 2. The minimum Gasteiger partial charge on any atom is -0.286 e. The molecule has 2 aromatic rings. The van der Waals surface area contributed by atoms with E-state index in [1.165, 1.54) is 0 Å². The first-order chi connectivity index (χ1) is 6.75. The highest BCUT2D eigenvalue weighted by molar-refractivity contribution is 7.73. The van der Waals surface area contributed by atoms with Gasteiger partial charge in [-0.05, 0) is 23.6 Å². The van der Waals surface area contributed by atoms with Gasteiger partial charge in [0.1, 0.15) is 0 Å². The summed E-state index contributed by atoms with van der Waals surface area (Å²) in [5, 5.41) is 1.95. The van der Waals surface area contributed by atoms with Crippen LogP contribution in [0.15, 0.2) is 36.7 Å². The zero-order valence-electron chi connectivity index (χ0n) is 7.18. The van der Waals surface area contributed by atoms with Crippen LogP contribution in [0.25, 0.3) is 10.8 Å². The van der Waals surface area contributed by atoms with Crippen molar-refractivity contribution in [2.75, 3.05) is 4.72 Å². The van der Waals surface area contributed by atoms with Gasteiger partial charge in [0.05, 0.1) is 0 Å². The molecule has 0 aliphatic carbocycles. The Balaban J connectivity index is 2.51. The molecule has 0 aliphatic heterocycles. The Hall–Kier alpha value is -1.62. The number of anilines is 1. The summed E-state index contributed by atoms with van der Waals surface area (Å²) in [5.74, 6) is 0. The number of thiol groups is 1. The van der Waals surface area contributed by atoms with Crippen LogP contribution in [0.3, 0.4) is 0 Å². The van der Waals surface area contributed by atoms with Crippen molar-refractivity contribution in [3.05, 3.63) is 36.7 Å². The molecule has 1 aromatic carbocycles. The highest BCUT2D eigenvalue weighted by Gasteiger charge is 1.95. The van der Waals surface area contributed by atoms with Crippen LogP contribution in [0.2, 0.25) is 0 Å². The molecule has 0 aliphatic rings. The lowest BCUT2D eigenvalue weighted by Gasteiger charge is -2.00. The maximum Gasteiger partial charge on any atom is 0.222 e. The van der Waals surface area contributed by atoms with Gasteiger partial charge in [0.2, 0.25) is 10.9 Å². The number of hydrogen-bond donors (Lipinski definition) is 2. The summed E-state index contributed by atoms with van der Waals surface area (Å²) in [6.07, 6.45) is 3.40. The molecule has 14 heavy (non-hydrogen) atoms. The van der Waals surface area contributed by atoms with Crippen LogP contribution in [-0.2, 0) is 10.9 Å². The normalized spacial score (nSPS) is 10.6. The second-order valence-electron chi connectivity index (χ2n) is 2.81. The van der Waals surface area contributed by atoms with Crippen LogP contribution in [0.1, 0.15) is 0 Å². The maximum atomic E-state index is 10.4. The zero-order valence-corrected chi connectivity index (χ0v) is 8.07. The molecule has 1 heterocycles. The second-order valence-corrected chi connectivity index (χ2v) is 3.54. The quantitative estimate of drug-likeness (QED) is 0.728. The highest BCUT2D eigenvalue weighted by Crippen LogP contribution is 2.17. The molecule has 0 unspecified atom stereocenters. The fraction of sp³-hybridized carbons (Fsp3) is 0. The molecular formula is C9H8N2O2S. The molecule has 1 N–H and O–H groups in total. The lowest BCUT2D eigenvalue weighted by Crippen LogP contribution is -1.94. The number of nitrogens with one attached hydrogen (secondary N) is 1. The third kappa shape index (κ3) is 1.82. The van der Waals surface area contributed by atoms with Crippen molar-refractivity contribution in [3.8, 4) is 0 Å². The maximum absolute atomic E-state index is 10.4. The largest absolute Gasteiger partial charge is 0.286 e. The molecule has 1 aromatic heterocycles. The van der Waals surface area contributed by atoms with E-state index in [0.717, 1.165) is 10.8 Å². The summed E-state index contributed by atoms with van der Waals surface area (Å²) in [6, 6.07) is 7.12. The second kappa shape index (κ2) is 3.63. The molecular weight excluding hydrogens is 200 g/mol. The molecule has 0 atom stereocenters. The molecule has 2 rings (SSSR count). The van der Waals surface area contributed by atoms with Gasteiger partial charge < -0.3 is 0 Å². The third-order valence-electron chi connectivity index (χ3n) is 1.86. The van der Waals surface area contributed by atoms with E-state index in [-0.39, 0.29) is 0 Å². The average Bonchev–Trinajstić information content (AvgIpc) is 2.17. The summed E-state index contributed by atoms with van der Waals surface area (Å²) in [4.78, 5) is 3.96. The number of pyridine rings is 1. The molecule has 5 heteroatoms. The first-order valence-corrected chi connectivity index (χ1v) is 5.18. The van der Waals surface area contributed by atoms with E-state index < -0.39 is 10.9 Å². The van der Waals surface area contributed by atoms with Crippen molar-refractivity contribution >= 4 is 27.4 Å². The average molecular weight is 208 g/mol. The van der Waals surface area contributed by atoms with Crippen LogP contribution >= 0.6 is 0 Å². The molecule has 0 radical (unpaired) electrons. The predicted octanol–water partition coefficient (Wildman–Crippen LogP) is 1.17. The summed E-state index contributed by atoms with van der Waals surface area (Å²) in [5.41, 5.74) is 0.569. The van der Waals surface area contributed by atoms with Gasteiger partial charge in [-0.15, -0.1) is 0 Å². The van der Waals surface area contributed by atoms with E-state index in [1.807, 2.05) is 12.1 Å². The Morgan fingerprint density at radius 2 is 2.00 bits per heavy atom. The van der Waals surface area contributed by atoms with E-state index in [2.05, 4.69) is 9.71 Å². The van der Waals surface area contributed by atoms with E-state index in [9.17, 15) is 8.42 Å². The van der Waals surface area contributed by atoms with Crippen molar-refractivity contribution < 1.29 is 8.42 Å². The standard InChI is InChI=1S/C9H8N2O2S/c12-14(13)11-9-2-1-8-6-10-4-3-7(8)5-9/h1-6,14H,(H,11,12,13). The molecule has 0 saturated heterocycles. The molecule has 0 spiro atoms. The highest BCUT2D eigenvalue weighted by atomic mass is 32.2. The van der Waals surface area contributed by atoms with Gasteiger partial charge in [-0.2, -0.15) is 0 Å². The first kappa shape index (κ1) is 8.96. The van der Waals surface area contributed by atoms with Crippen molar-refractivity contribution in [1.29, 1.82) is 0 Å². The van der Waals surface area contributed by atoms with Crippen molar-refractivity contribution in [3.63, 3.8) is 0 Å². The Kier molecular flexibility index (Phi) is 2.32. The van der Waals surface area contributed by atoms with Crippen LogP contribution in [-0.4, -0.2) is 13.4 Å². The number of hydrogen-bond acceptors (Lipinski definition) is 3. The SMILES string of the molecule is O=[SH](=O)Nc1ccc2cnccc2c1. The summed E-state index contributed by atoms with van der Waals surface area (Å²) >= 11 is 0. The Labute approximate surface area is 82.7 Å². The fourth-order valence-electron chi connectivity index (χ4n) is 1.26. The van der Waals surface area contributed by atoms with E-state index in [4.69, 9.17) is 0 Å². The van der Waals surface area contributed by atoms with Gasteiger partial charge >= 0.3 is 0 Å². The Bertz CT molecular complexity index is 529. The van der Waals surface area contributed by atoms with Crippen molar-refractivity contribution in [2.24, 2.45) is 0 Å². The van der Waals surface area contributed by atoms with Gasteiger partial charge in [0.15, 0.2) is 0 Å². The molecule has 4 nitrogen and oxygen atoms in total. The monoisotopic (exact) mass is 208 g/mol. The lowest BCUT2D eigenvalue weighted by atomic mass is 10.2. The van der Waals surface area contributed by atoms with Crippen LogP contribution in [0.4, 0.5) is 5.69 Å². The number of fused-ring (bicyclic) bond motifs is 1. The molecule has 0 saturated carbocycles. The van der Waals surface area contributed by atoms with Crippen LogP contribution in [0.5, 0.6) is 0 Å². The minimum absolute atomic E-state index is 0.569. The molecule has 0 bridgehead atoms. The van der Waals surface area contributed by atoms with Crippen molar-refractivity contribution in [2.45, 2.75) is 0 Å². The van der Waals surface area contributed by atoms with Gasteiger partial charge in [-0.1, -0.05) is 6.07 Å². The van der Waals surface area contributed by atoms with E-state index in [1.54, 1.807) is 24.5 Å². The van der Waals surface area contributed by atoms with Gasteiger partial charge in [-0.3, -0.25) is 9.71 Å². The summed E-state index contributed by atoms with van der Waals surface area (Å²) < 4.78 is 23.2. The van der Waals surface area contributed by atoms with Crippen molar-refractivity contribution in [1.82, 2.24) is 4.98 Å². The number of benzene rings is 1. The third-order valence-corrected chi connectivity index (χ3v) is 2.30. The lowest BCUT2D eigenvalue weighted by molar-refractivity contribution is 0.619. The molecule has 72 valence electrons. The van der Waals surface area contributed by atoms with Gasteiger partial charge in [-0.25, -0.2) is 8.42 Å². The molecule has 0 fully saturated rings. The predicted molar refractivity (Wildman–Crippen MR) is 55.7 cm³/mol. The smallest absolute Gasteiger partial charge is 0.222 e. The fourth-order valence-corrected chi connectivity index (χ4v) is 1.61. The Morgan fingerprint density at radius 3 is 2.79 bits per heavy atom. The van der Waals surface area contributed by atoms with E-state index >= 15 is 0 Å². The summed E-state index contributed by atoms with van der Waals surface area (Å²) in [7, 11) is -2.60. The van der Waals surface area contributed by atoms with E-state index in [0.29, 0.717) is 5.69 Å². The number of aromatic nitrogens is 1. The van der Waals surface area contributed by atoms with Gasteiger partial charge in [0, 0.05) is 23.5 Å². The molecule has 0 amide bonds. The minimum atomic E-state index is -2.60. The number of nitrogens with zero attached hydrogens (tertiary/aromatic N) is 1. The topological polar surface area (TPSA) is 59.1 Å². The van der Waals surface area contributed by atoms with Crippen LogP contribution in [0, 0.1) is 0 Å². The zero-order chi connectivity index (χ0) is 9.97. The van der Waals surface area contributed by atoms with Gasteiger partial charge in [0.25, 0.3) is 0 Å².